The SMILES string of the molecule is CCCC1(O)CN(C(=O)Cn2ccc(C(F)(F)F)n2)C1. The lowest BCUT2D eigenvalue weighted by Gasteiger charge is -2.46. The summed E-state index contributed by atoms with van der Waals surface area (Å²) in [5.41, 5.74) is -1.86. The van der Waals surface area contributed by atoms with E-state index in [1.807, 2.05) is 6.92 Å². The number of aliphatic hydroxyl groups is 1. The number of halogens is 3. The van der Waals surface area contributed by atoms with Gasteiger partial charge in [-0.25, -0.2) is 0 Å². The molecule has 0 spiro atoms. The van der Waals surface area contributed by atoms with Crippen molar-refractivity contribution in [2.45, 2.75) is 38.1 Å². The van der Waals surface area contributed by atoms with Gasteiger partial charge in [-0.15, -0.1) is 0 Å². The predicted molar refractivity (Wildman–Crippen MR) is 63.7 cm³/mol. The Morgan fingerprint density at radius 1 is 1.50 bits per heavy atom. The molecule has 5 nitrogen and oxygen atoms in total. The number of amides is 1. The van der Waals surface area contributed by atoms with E-state index in [2.05, 4.69) is 5.10 Å². The van der Waals surface area contributed by atoms with Gasteiger partial charge in [0.2, 0.25) is 5.91 Å². The Morgan fingerprint density at radius 3 is 2.65 bits per heavy atom. The second-order valence-corrected chi connectivity index (χ2v) is 5.12. The van der Waals surface area contributed by atoms with Gasteiger partial charge in [-0.3, -0.25) is 9.48 Å². The third-order valence-corrected chi connectivity index (χ3v) is 3.27. The van der Waals surface area contributed by atoms with Crippen LogP contribution in [0, 0.1) is 0 Å². The average molecular weight is 291 g/mol. The van der Waals surface area contributed by atoms with Crippen molar-refractivity contribution >= 4 is 5.91 Å². The number of β-amino-alcohol motifs (C(OH)–C–C–N with tert-alkyl or cyclic N) is 1. The molecule has 20 heavy (non-hydrogen) atoms. The van der Waals surface area contributed by atoms with Crippen molar-refractivity contribution in [1.82, 2.24) is 14.7 Å². The lowest BCUT2D eigenvalue weighted by molar-refractivity contribution is -0.157. The molecule has 1 aromatic heterocycles. The third kappa shape index (κ3) is 3.12. The van der Waals surface area contributed by atoms with Crippen LogP contribution >= 0.6 is 0 Å². The van der Waals surface area contributed by atoms with Crippen molar-refractivity contribution in [1.29, 1.82) is 0 Å². The number of hydrogen-bond acceptors (Lipinski definition) is 3. The minimum atomic E-state index is -4.51. The molecular weight excluding hydrogens is 275 g/mol. The molecule has 1 aliphatic rings. The Hall–Kier alpha value is -1.57. The highest BCUT2D eigenvalue weighted by molar-refractivity contribution is 5.77. The van der Waals surface area contributed by atoms with Gasteiger partial charge in [-0.1, -0.05) is 13.3 Å². The molecule has 8 heteroatoms. The van der Waals surface area contributed by atoms with Crippen LogP contribution in [-0.2, 0) is 17.5 Å². The Kier molecular flexibility index (Phi) is 3.77. The van der Waals surface area contributed by atoms with Gasteiger partial charge in [-0.2, -0.15) is 18.3 Å². The number of rotatable bonds is 4. The number of nitrogens with zero attached hydrogens (tertiary/aromatic N) is 3. The molecule has 2 rings (SSSR count). The molecule has 0 aromatic carbocycles. The molecule has 1 fully saturated rings. The summed E-state index contributed by atoms with van der Waals surface area (Å²) in [5, 5.41) is 13.3. The number of carbonyl (C=O) groups excluding carboxylic acids is 1. The van der Waals surface area contributed by atoms with E-state index in [1.54, 1.807) is 0 Å². The Labute approximate surface area is 114 Å². The van der Waals surface area contributed by atoms with Crippen molar-refractivity contribution in [2.75, 3.05) is 13.1 Å². The molecule has 0 aliphatic carbocycles. The molecule has 112 valence electrons. The van der Waals surface area contributed by atoms with E-state index in [9.17, 15) is 23.1 Å². The number of carbonyl (C=O) groups is 1. The average Bonchev–Trinajstić information content (AvgIpc) is 2.74. The van der Waals surface area contributed by atoms with Crippen LogP contribution in [-0.4, -0.2) is 44.4 Å². The van der Waals surface area contributed by atoms with Crippen LogP contribution in [0.1, 0.15) is 25.5 Å². The summed E-state index contributed by atoms with van der Waals surface area (Å²) in [6, 6.07) is 0.830. The number of aromatic nitrogens is 2. The minimum Gasteiger partial charge on any atom is -0.386 e. The van der Waals surface area contributed by atoms with E-state index in [4.69, 9.17) is 0 Å². The van der Waals surface area contributed by atoms with Crippen LogP contribution < -0.4 is 0 Å². The molecule has 2 heterocycles. The van der Waals surface area contributed by atoms with Crippen molar-refractivity contribution in [3.05, 3.63) is 18.0 Å². The second kappa shape index (κ2) is 5.08. The van der Waals surface area contributed by atoms with Gasteiger partial charge in [0, 0.05) is 6.20 Å². The summed E-state index contributed by atoms with van der Waals surface area (Å²) in [6.45, 7) is 2.14. The monoisotopic (exact) mass is 291 g/mol. The first-order chi connectivity index (χ1) is 9.23. The van der Waals surface area contributed by atoms with Crippen molar-refractivity contribution in [3.63, 3.8) is 0 Å². The van der Waals surface area contributed by atoms with E-state index >= 15 is 0 Å². The molecule has 1 amide bonds. The minimum absolute atomic E-state index is 0.229. The Balaban J connectivity index is 1.89. The van der Waals surface area contributed by atoms with Gasteiger partial charge in [-0.05, 0) is 12.5 Å². The first-order valence-corrected chi connectivity index (χ1v) is 6.34. The van der Waals surface area contributed by atoms with Gasteiger partial charge < -0.3 is 10.0 Å². The number of alkyl halides is 3. The standard InChI is InChI=1S/C12H16F3N3O2/c1-2-4-11(20)7-17(8-11)10(19)6-18-5-3-9(16-18)12(13,14)15/h3,5,20H,2,4,6-8H2,1H3. The lowest BCUT2D eigenvalue weighted by atomic mass is 9.89. The molecule has 0 saturated carbocycles. The highest BCUT2D eigenvalue weighted by atomic mass is 19.4. The zero-order chi connectivity index (χ0) is 15.0. The van der Waals surface area contributed by atoms with Gasteiger partial charge >= 0.3 is 6.18 Å². The Bertz CT molecular complexity index is 492. The zero-order valence-corrected chi connectivity index (χ0v) is 11.0. The molecule has 0 bridgehead atoms. The first kappa shape index (κ1) is 14.8. The van der Waals surface area contributed by atoms with Crippen molar-refractivity contribution < 1.29 is 23.1 Å². The van der Waals surface area contributed by atoms with Gasteiger partial charge in [0.05, 0.1) is 18.7 Å². The fraction of sp³-hybridized carbons (Fsp3) is 0.667. The van der Waals surface area contributed by atoms with Crippen LogP contribution in [0.4, 0.5) is 13.2 Å². The van der Waals surface area contributed by atoms with E-state index in [0.29, 0.717) is 6.42 Å². The van der Waals surface area contributed by atoms with E-state index in [-0.39, 0.29) is 25.5 Å². The molecule has 1 aliphatic heterocycles. The summed E-state index contributed by atoms with van der Waals surface area (Å²) in [5.74, 6) is -0.345. The van der Waals surface area contributed by atoms with Gasteiger partial charge in [0.25, 0.3) is 0 Å². The fourth-order valence-corrected chi connectivity index (χ4v) is 2.30. The smallest absolute Gasteiger partial charge is 0.386 e. The van der Waals surface area contributed by atoms with Gasteiger partial charge in [0.15, 0.2) is 5.69 Å². The van der Waals surface area contributed by atoms with Crippen molar-refractivity contribution in [2.24, 2.45) is 0 Å². The normalized spacial score (nSPS) is 17.9. The summed E-state index contributed by atoms with van der Waals surface area (Å²) < 4.78 is 38.0. The maximum atomic E-state index is 12.4. The second-order valence-electron chi connectivity index (χ2n) is 5.12. The largest absolute Gasteiger partial charge is 0.435 e. The van der Waals surface area contributed by atoms with Crippen molar-refractivity contribution in [3.8, 4) is 0 Å². The van der Waals surface area contributed by atoms with Crippen LogP contribution in [0.2, 0.25) is 0 Å². The summed E-state index contributed by atoms with van der Waals surface area (Å²) in [6.07, 6.45) is -1.96. The molecule has 1 saturated heterocycles. The zero-order valence-electron chi connectivity index (χ0n) is 11.0. The summed E-state index contributed by atoms with van der Waals surface area (Å²) in [7, 11) is 0. The van der Waals surface area contributed by atoms with Crippen LogP contribution in [0.5, 0.6) is 0 Å². The summed E-state index contributed by atoms with van der Waals surface area (Å²) in [4.78, 5) is 13.2. The van der Waals surface area contributed by atoms with Crippen LogP contribution in [0.25, 0.3) is 0 Å². The summed E-state index contributed by atoms with van der Waals surface area (Å²) >= 11 is 0. The molecule has 0 radical (unpaired) electrons. The predicted octanol–water partition coefficient (Wildman–Crippen LogP) is 1.28. The van der Waals surface area contributed by atoms with Gasteiger partial charge in [0.1, 0.15) is 6.54 Å². The van der Waals surface area contributed by atoms with E-state index in [0.717, 1.165) is 23.4 Å². The molecule has 0 atom stereocenters. The molecule has 0 unspecified atom stereocenters. The topological polar surface area (TPSA) is 58.4 Å². The maximum absolute atomic E-state index is 12.4. The maximum Gasteiger partial charge on any atom is 0.435 e. The first-order valence-electron chi connectivity index (χ1n) is 6.34. The van der Waals surface area contributed by atoms with Crippen LogP contribution in [0.3, 0.4) is 0 Å². The van der Waals surface area contributed by atoms with E-state index < -0.39 is 17.5 Å². The quantitative estimate of drug-likeness (QED) is 0.909. The molecular formula is C12H16F3N3O2. The van der Waals surface area contributed by atoms with E-state index in [1.165, 1.54) is 4.90 Å². The number of hydrogen-bond donors (Lipinski definition) is 1. The lowest BCUT2D eigenvalue weighted by Crippen LogP contribution is -2.63. The highest BCUT2D eigenvalue weighted by Gasteiger charge is 2.42. The molecule has 1 aromatic rings. The fourth-order valence-electron chi connectivity index (χ4n) is 2.30. The van der Waals surface area contributed by atoms with Crippen LogP contribution in [0.15, 0.2) is 12.3 Å². The Morgan fingerprint density at radius 2 is 2.15 bits per heavy atom. The number of likely N-dealkylation sites (tertiary alicyclic amines) is 1. The molecule has 1 N–H and O–H groups in total. The highest BCUT2D eigenvalue weighted by Crippen LogP contribution is 2.28. The third-order valence-electron chi connectivity index (χ3n) is 3.27.